The number of amidine groups is 1. The average molecular weight is 623 g/mol. The van der Waals surface area contributed by atoms with Crippen molar-refractivity contribution in [1.82, 2.24) is 15.8 Å². The molecule has 0 saturated heterocycles. The minimum atomic E-state index is -5.08. The molecule has 3 aromatic rings. The Hall–Kier alpha value is -5.05. The Morgan fingerprint density at radius 3 is 2.42 bits per heavy atom. The summed E-state index contributed by atoms with van der Waals surface area (Å²) >= 11 is 5.99. The van der Waals surface area contributed by atoms with Crippen LogP contribution >= 0.6 is 11.6 Å². The van der Waals surface area contributed by atoms with Crippen molar-refractivity contribution in [2.24, 2.45) is 10.7 Å². The Labute approximate surface area is 248 Å². The molecule has 1 atom stereocenters. The molecule has 2 aliphatic rings. The highest BCUT2D eigenvalue weighted by Crippen LogP contribution is 2.33. The van der Waals surface area contributed by atoms with Crippen LogP contribution in [0.2, 0.25) is 5.15 Å². The first-order valence-electron chi connectivity index (χ1n) is 12.4. The number of carbonyl (C=O) groups is 3. The maximum atomic E-state index is 13.3. The predicted molar refractivity (Wildman–Crippen MR) is 150 cm³/mol. The number of carboxylic acids is 1. The van der Waals surface area contributed by atoms with E-state index in [0.29, 0.717) is 34.1 Å². The predicted octanol–water partition coefficient (Wildman–Crippen LogP) is 3.83. The summed E-state index contributed by atoms with van der Waals surface area (Å²) in [5.74, 6) is -2.68. The number of fused-ring (bicyclic) bond motifs is 5. The number of amides is 2. The zero-order valence-corrected chi connectivity index (χ0v) is 23.4. The lowest BCUT2D eigenvalue weighted by atomic mass is 10.0. The van der Waals surface area contributed by atoms with E-state index in [1.807, 2.05) is 13.8 Å². The van der Waals surface area contributed by atoms with Crippen LogP contribution in [0.3, 0.4) is 0 Å². The minimum Gasteiger partial charge on any atom is -0.487 e. The number of pyridine rings is 1. The van der Waals surface area contributed by atoms with Crippen molar-refractivity contribution >= 4 is 40.9 Å². The van der Waals surface area contributed by atoms with Gasteiger partial charge in [-0.25, -0.2) is 14.8 Å². The number of nitrogens with one attached hydrogen (secondary N) is 3. The number of alkyl halides is 3. The standard InChI is InChI=1S/C25H25ClN6O4.C2HF3O2/c1-14(2)36-19-10-7-16-12-20(19)35-13-29-23(27)15-5-8-17(9-6-15)30-21(16)25(34)32-31-24(33)18-4-3-11-28-22(18)26;3-2(4,5)1(6)7/h3-12,14,21,30H,13H2,1-2H3,(H2,27,29)(H,31,33)(H,32,34);(H,6,7). The van der Waals surface area contributed by atoms with Gasteiger partial charge in [-0.3, -0.25) is 20.4 Å². The molecule has 16 heteroatoms. The number of nitrogens with two attached hydrogens (primary N) is 1. The molecule has 5 rings (SSSR count). The molecule has 2 aliphatic heterocycles. The van der Waals surface area contributed by atoms with Crippen molar-refractivity contribution in [2.75, 3.05) is 12.0 Å². The van der Waals surface area contributed by atoms with E-state index in [4.69, 9.17) is 36.7 Å². The molecule has 6 N–H and O–H groups in total. The van der Waals surface area contributed by atoms with Gasteiger partial charge in [0.15, 0.2) is 18.2 Å². The van der Waals surface area contributed by atoms with Crippen LogP contribution in [0.15, 0.2) is 65.8 Å². The smallest absolute Gasteiger partial charge is 0.487 e. The lowest BCUT2D eigenvalue weighted by Gasteiger charge is -2.22. The van der Waals surface area contributed by atoms with Gasteiger partial charge in [-0.2, -0.15) is 13.2 Å². The van der Waals surface area contributed by atoms with Crippen LogP contribution in [0, 0.1) is 0 Å². The van der Waals surface area contributed by atoms with Crippen molar-refractivity contribution in [2.45, 2.75) is 32.2 Å². The lowest BCUT2D eigenvalue weighted by molar-refractivity contribution is -0.192. The number of anilines is 1. The molecule has 4 bridgehead atoms. The SMILES string of the molecule is CC(C)Oc1ccc2cc1OC/N=C(/N)c1ccc(cc1)NC2C(=O)NNC(=O)c1cccnc1Cl.O=C(O)C(F)(F)F. The van der Waals surface area contributed by atoms with Crippen LogP contribution in [-0.4, -0.2) is 52.7 Å². The number of ether oxygens (including phenoxy) is 2. The number of benzene rings is 2. The van der Waals surface area contributed by atoms with Crippen LogP contribution in [0.1, 0.15) is 41.4 Å². The maximum absolute atomic E-state index is 13.3. The number of nitrogens with zero attached hydrogens (tertiary/aromatic N) is 2. The molecule has 0 saturated carbocycles. The fourth-order valence-corrected chi connectivity index (χ4v) is 3.65. The average Bonchev–Trinajstić information content (AvgIpc) is 2.96. The number of aromatic nitrogens is 1. The summed E-state index contributed by atoms with van der Waals surface area (Å²) in [4.78, 5) is 42.9. The zero-order chi connectivity index (χ0) is 31.7. The van der Waals surface area contributed by atoms with Gasteiger partial charge in [0.25, 0.3) is 11.8 Å². The number of hydrogen-bond donors (Lipinski definition) is 5. The Morgan fingerprint density at radius 1 is 1.14 bits per heavy atom. The number of halogens is 4. The van der Waals surface area contributed by atoms with Crippen LogP contribution in [0.25, 0.3) is 0 Å². The summed E-state index contributed by atoms with van der Waals surface area (Å²) < 4.78 is 43.4. The van der Waals surface area contributed by atoms with Gasteiger partial charge >= 0.3 is 12.1 Å². The normalized spacial score (nSPS) is 15.4. The number of rotatable bonds is 4. The van der Waals surface area contributed by atoms with Crippen LogP contribution < -0.4 is 31.4 Å². The summed E-state index contributed by atoms with van der Waals surface area (Å²) in [6, 6.07) is 14.4. The molecule has 0 radical (unpaired) electrons. The highest BCUT2D eigenvalue weighted by Gasteiger charge is 2.38. The largest absolute Gasteiger partial charge is 0.490 e. The molecule has 2 amide bonds. The van der Waals surface area contributed by atoms with Crippen molar-refractivity contribution in [3.63, 3.8) is 0 Å². The van der Waals surface area contributed by atoms with E-state index in [1.54, 1.807) is 48.5 Å². The highest BCUT2D eigenvalue weighted by molar-refractivity contribution is 6.32. The fourth-order valence-electron chi connectivity index (χ4n) is 3.45. The van der Waals surface area contributed by atoms with E-state index in [1.165, 1.54) is 12.3 Å². The third-order valence-electron chi connectivity index (χ3n) is 5.42. The first kappa shape index (κ1) is 32.5. The number of aliphatic carboxylic acids is 1. The van der Waals surface area contributed by atoms with Gasteiger partial charge in [-0.05, 0) is 67.9 Å². The molecule has 12 nitrogen and oxygen atoms in total. The number of aliphatic imine (C=N–C) groups is 1. The van der Waals surface area contributed by atoms with E-state index in [9.17, 15) is 22.8 Å². The quantitative estimate of drug-likeness (QED) is 0.214. The molecular weight excluding hydrogens is 597 g/mol. The molecule has 3 heterocycles. The summed E-state index contributed by atoms with van der Waals surface area (Å²) in [5, 5.41) is 10.3. The van der Waals surface area contributed by atoms with Gasteiger partial charge in [0.05, 0.1) is 11.7 Å². The highest BCUT2D eigenvalue weighted by atomic mass is 35.5. The van der Waals surface area contributed by atoms with E-state index in [-0.39, 0.29) is 23.6 Å². The van der Waals surface area contributed by atoms with Gasteiger partial charge in [0.1, 0.15) is 17.0 Å². The third-order valence-corrected chi connectivity index (χ3v) is 5.72. The summed E-state index contributed by atoms with van der Waals surface area (Å²) in [6.45, 7) is 3.75. The molecule has 0 fully saturated rings. The second-order valence-corrected chi connectivity index (χ2v) is 9.29. The first-order chi connectivity index (χ1) is 20.3. The minimum absolute atomic E-state index is 0.0218. The van der Waals surface area contributed by atoms with Crippen LogP contribution in [-0.2, 0) is 9.59 Å². The molecule has 43 heavy (non-hydrogen) atoms. The van der Waals surface area contributed by atoms with Crippen LogP contribution in [0.5, 0.6) is 11.5 Å². The Balaban J connectivity index is 0.000000646. The van der Waals surface area contributed by atoms with Crippen molar-refractivity contribution in [3.05, 3.63) is 82.6 Å². The second kappa shape index (κ2) is 14.2. The molecular formula is C27H26ClF3N6O6. The van der Waals surface area contributed by atoms with E-state index < -0.39 is 30.0 Å². The van der Waals surface area contributed by atoms with Gasteiger partial charge in [0.2, 0.25) is 0 Å². The second-order valence-electron chi connectivity index (χ2n) is 8.93. The van der Waals surface area contributed by atoms with E-state index in [2.05, 4.69) is 26.1 Å². The Bertz CT molecular complexity index is 1500. The number of hydrogen-bond acceptors (Lipinski definition) is 9. The topological polar surface area (TPSA) is 177 Å². The van der Waals surface area contributed by atoms with Crippen molar-refractivity contribution in [3.8, 4) is 11.5 Å². The zero-order valence-electron chi connectivity index (χ0n) is 22.6. The molecule has 0 aliphatic carbocycles. The Morgan fingerprint density at radius 2 is 1.81 bits per heavy atom. The number of carbonyl (C=O) groups excluding carboxylic acids is 2. The summed E-state index contributed by atoms with van der Waals surface area (Å²) in [7, 11) is 0. The molecule has 2 aromatic carbocycles. The van der Waals surface area contributed by atoms with Gasteiger partial charge in [-0.1, -0.05) is 17.7 Å². The van der Waals surface area contributed by atoms with Gasteiger partial charge in [0, 0.05) is 17.4 Å². The Kier molecular flexibility index (Phi) is 10.7. The van der Waals surface area contributed by atoms with Crippen molar-refractivity contribution in [1.29, 1.82) is 0 Å². The first-order valence-corrected chi connectivity index (χ1v) is 12.7. The van der Waals surface area contributed by atoms with E-state index in [0.717, 1.165) is 0 Å². The molecule has 1 aromatic heterocycles. The molecule has 228 valence electrons. The van der Waals surface area contributed by atoms with E-state index >= 15 is 0 Å². The molecule has 0 spiro atoms. The van der Waals surface area contributed by atoms with Gasteiger partial charge in [-0.15, -0.1) is 0 Å². The maximum Gasteiger partial charge on any atom is 0.490 e. The number of carboxylic acid groups (broad SMARTS) is 1. The fraction of sp³-hybridized carbons (Fsp3) is 0.222. The lowest BCUT2D eigenvalue weighted by Crippen LogP contribution is -2.45. The summed E-state index contributed by atoms with van der Waals surface area (Å²) in [5.41, 5.74) is 13.0. The van der Waals surface area contributed by atoms with Crippen molar-refractivity contribution < 1.29 is 42.1 Å². The summed E-state index contributed by atoms with van der Waals surface area (Å²) in [6.07, 6.45) is -3.72. The monoisotopic (exact) mass is 622 g/mol. The third kappa shape index (κ3) is 9.22. The van der Waals surface area contributed by atoms with Gasteiger partial charge < -0.3 is 25.6 Å². The van der Waals surface area contributed by atoms with Crippen LogP contribution in [0.4, 0.5) is 18.9 Å². The number of hydrazine groups is 1. The molecule has 1 unspecified atom stereocenters.